The van der Waals surface area contributed by atoms with Crippen LogP contribution in [0.3, 0.4) is 0 Å². The molecular formula is C18H21N5O4S. The molecule has 1 aromatic carbocycles. The molecule has 3 heterocycles. The molecule has 0 aliphatic carbocycles. The average Bonchev–Trinajstić information content (AvgIpc) is 3.40. The molecule has 1 aliphatic rings. The van der Waals surface area contributed by atoms with Crippen LogP contribution in [0.2, 0.25) is 0 Å². The van der Waals surface area contributed by atoms with E-state index < -0.39 is 10.0 Å². The van der Waals surface area contributed by atoms with Crippen LogP contribution in [-0.4, -0.2) is 59.1 Å². The van der Waals surface area contributed by atoms with Gasteiger partial charge in [0.1, 0.15) is 12.0 Å². The maximum Gasteiger partial charge on any atom is 0.257 e. The molecule has 0 spiro atoms. The van der Waals surface area contributed by atoms with Crippen molar-refractivity contribution in [1.29, 1.82) is 0 Å². The van der Waals surface area contributed by atoms with Crippen LogP contribution in [0.1, 0.15) is 24.5 Å². The van der Waals surface area contributed by atoms with Gasteiger partial charge >= 0.3 is 0 Å². The molecule has 1 fully saturated rings. The van der Waals surface area contributed by atoms with Crippen LogP contribution in [0.5, 0.6) is 0 Å². The van der Waals surface area contributed by atoms with Gasteiger partial charge in [-0.2, -0.15) is 9.29 Å². The van der Waals surface area contributed by atoms with E-state index in [1.54, 1.807) is 6.07 Å². The fraction of sp³-hybridized carbons (Fsp3) is 0.389. The van der Waals surface area contributed by atoms with Crippen molar-refractivity contribution in [3.63, 3.8) is 0 Å². The molecule has 0 radical (unpaired) electrons. The second-order valence-corrected chi connectivity index (χ2v) is 8.65. The van der Waals surface area contributed by atoms with Crippen molar-refractivity contribution in [2.45, 2.75) is 18.7 Å². The Morgan fingerprint density at radius 3 is 2.50 bits per heavy atom. The maximum atomic E-state index is 12.5. The Balaban J connectivity index is 1.38. The Morgan fingerprint density at radius 1 is 1.07 bits per heavy atom. The van der Waals surface area contributed by atoms with E-state index in [4.69, 9.17) is 9.05 Å². The van der Waals surface area contributed by atoms with E-state index in [1.165, 1.54) is 10.6 Å². The van der Waals surface area contributed by atoms with E-state index in [0.717, 1.165) is 5.56 Å². The third kappa shape index (κ3) is 3.98. The van der Waals surface area contributed by atoms with E-state index in [0.29, 0.717) is 43.6 Å². The second-order valence-electron chi connectivity index (χ2n) is 6.68. The minimum Gasteiger partial charge on any atom is -0.364 e. The molecule has 0 bridgehead atoms. The molecular weight excluding hydrogens is 382 g/mol. The van der Waals surface area contributed by atoms with E-state index in [-0.39, 0.29) is 11.8 Å². The molecule has 0 amide bonds. The molecule has 0 N–H and O–H groups in total. The van der Waals surface area contributed by atoms with Gasteiger partial charge in [0.05, 0.1) is 11.7 Å². The fourth-order valence-corrected chi connectivity index (χ4v) is 4.65. The third-order valence-electron chi connectivity index (χ3n) is 4.87. The number of aromatic nitrogens is 3. The van der Waals surface area contributed by atoms with Gasteiger partial charge in [-0.1, -0.05) is 28.5 Å². The first kappa shape index (κ1) is 18.8. The molecule has 1 saturated heterocycles. The molecule has 1 atom stereocenters. The fourth-order valence-electron chi connectivity index (χ4n) is 3.23. The van der Waals surface area contributed by atoms with Gasteiger partial charge in [-0.15, -0.1) is 0 Å². The van der Waals surface area contributed by atoms with E-state index in [9.17, 15) is 8.42 Å². The van der Waals surface area contributed by atoms with Gasteiger partial charge < -0.3 is 9.05 Å². The lowest BCUT2D eigenvalue weighted by Crippen LogP contribution is -2.49. The largest absolute Gasteiger partial charge is 0.364 e. The number of hydrogen-bond donors (Lipinski definition) is 0. The summed E-state index contributed by atoms with van der Waals surface area (Å²) in [6, 6.07) is 11.1. The van der Waals surface area contributed by atoms with Gasteiger partial charge in [0.15, 0.2) is 5.82 Å². The monoisotopic (exact) mass is 403 g/mol. The number of benzene rings is 1. The summed E-state index contributed by atoms with van der Waals surface area (Å²) in [6.45, 7) is 4.00. The molecule has 1 aliphatic heterocycles. The third-order valence-corrected chi connectivity index (χ3v) is 6.68. The Hall–Kier alpha value is -2.56. The molecule has 2 aromatic heterocycles. The summed E-state index contributed by atoms with van der Waals surface area (Å²) in [6.07, 6.45) is 1.37. The highest BCUT2D eigenvalue weighted by Gasteiger charge is 2.31. The molecule has 28 heavy (non-hydrogen) atoms. The molecule has 0 saturated carbocycles. The highest BCUT2D eigenvalue weighted by atomic mass is 32.2. The topological polar surface area (TPSA) is 106 Å². The second kappa shape index (κ2) is 7.82. The standard InChI is InChI=1S/C18H21N5O4S/c1-14(17-19-18(27-21-17)15-5-3-2-4-6-15)22-8-10-23(11-9-22)28(24,25)13-16-7-12-26-20-16/h2-7,12,14H,8-11,13H2,1H3. The maximum absolute atomic E-state index is 12.5. The molecule has 3 aromatic rings. The zero-order valence-electron chi connectivity index (χ0n) is 15.4. The predicted octanol–water partition coefficient (Wildman–Crippen LogP) is 1.93. The van der Waals surface area contributed by atoms with Crippen LogP contribution in [0, 0.1) is 0 Å². The van der Waals surface area contributed by atoms with Crippen LogP contribution >= 0.6 is 0 Å². The van der Waals surface area contributed by atoms with Crippen LogP contribution < -0.4 is 0 Å². The summed E-state index contributed by atoms with van der Waals surface area (Å²) in [5.41, 5.74) is 1.29. The predicted molar refractivity (Wildman–Crippen MR) is 100 cm³/mol. The van der Waals surface area contributed by atoms with Crippen LogP contribution in [0.25, 0.3) is 11.5 Å². The SMILES string of the molecule is CC(c1noc(-c2ccccc2)n1)N1CCN(S(=O)(=O)Cc2ccon2)CC1. The van der Waals surface area contributed by atoms with Gasteiger partial charge in [0.2, 0.25) is 10.0 Å². The average molecular weight is 403 g/mol. The summed E-state index contributed by atoms with van der Waals surface area (Å²) in [5, 5.41) is 7.80. The highest BCUT2D eigenvalue weighted by molar-refractivity contribution is 7.88. The van der Waals surface area contributed by atoms with Crippen molar-refractivity contribution in [3.8, 4) is 11.5 Å². The lowest BCUT2D eigenvalue weighted by atomic mass is 10.2. The first-order valence-corrected chi connectivity index (χ1v) is 10.6. The van der Waals surface area contributed by atoms with Crippen LogP contribution in [0.15, 0.2) is 51.7 Å². The normalized spacial score (nSPS) is 17.6. The number of hydrogen-bond acceptors (Lipinski definition) is 8. The van der Waals surface area contributed by atoms with Gasteiger partial charge in [-0.05, 0) is 19.1 Å². The Labute approximate surface area is 163 Å². The first-order valence-electron chi connectivity index (χ1n) is 9.03. The Kier molecular flexibility index (Phi) is 5.25. The summed E-state index contributed by atoms with van der Waals surface area (Å²) in [5.74, 6) is 0.929. The highest BCUT2D eigenvalue weighted by Crippen LogP contribution is 2.24. The Morgan fingerprint density at radius 2 is 1.82 bits per heavy atom. The smallest absolute Gasteiger partial charge is 0.257 e. The lowest BCUT2D eigenvalue weighted by Gasteiger charge is -2.36. The molecule has 1 unspecified atom stereocenters. The quantitative estimate of drug-likeness (QED) is 0.615. The van der Waals surface area contributed by atoms with Gasteiger partial charge in [-0.25, -0.2) is 8.42 Å². The number of rotatable bonds is 6. The molecule has 9 nitrogen and oxygen atoms in total. The van der Waals surface area contributed by atoms with Crippen molar-refractivity contribution in [3.05, 3.63) is 54.2 Å². The summed E-state index contributed by atoms with van der Waals surface area (Å²) in [4.78, 5) is 6.66. The molecule has 4 rings (SSSR count). The molecule has 148 valence electrons. The summed E-state index contributed by atoms with van der Waals surface area (Å²) in [7, 11) is -3.42. The number of piperazine rings is 1. The zero-order chi connectivity index (χ0) is 19.6. The van der Waals surface area contributed by atoms with Gasteiger partial charge in [0.25, 0.3) is 5.89 Å². The van der Waals surface area contributed by atoms with Crippen molar-refractivity contribution >= 4 is 10.0 Å². The molecule has 10 heteroatoms. The minimum atomic E-state index is -3.42. The van der Waals surface area contributed by atoms with Crippen molar-refractivity contribution in [2.75, 3.05) is 26.2 Å². The zero-order valence-corrected chi connectivity index (χ0v) is 16.2. The summed E-state index contributed by atoms with van der Waals surface area (Å²) >= 11 is 0. The van der Waals surface area contributed by atoms with E-state index >= 15 is 0 Å². The van der Waals surface area contributed by atoms with E-state index in [1.807, 2.05) is 37.3 Å². The Bertz CT molecular complexity index is 996. The first-order chi connectivity index (χ1) is 13.5. The minimum absolute atomic E-state index is 0.0680. The van der Waals surface area contributed by atoms with Crippen molar-refractivity contribution < 1.29 is 17.5 Å². The van der Waals surface area contributed by atoms with Crippen LogP contribution in [0.4, 0.5) is 0 Å². The van der Waals surface area contributed by atoms with Crippen LogP contribution in [-0.2, 0) is 15.8 Å². The van der Waals surface area contributed by atoms with Crippen molar-refractivity contribution in [2.24, 2.45) is 0 Å². The van der Waals surface area contributed by atoms with Gasteiger partial charge in [0, 0.05) is 37.8 Å². The van der Waals surface area contributed by atoms with Crippen molar-refractivity contribution in [1.82, 2.24) is 24.5 Å². The number of sulfonamides is 1. The number of nitrogens with zero attached hydrogens (tertiary/aromatic N) is 5. The lowest BCUT2D eigenvalue weighted by molar-refractivity contribution is 0.139. The van der Waals surface area contributed by atoms with Gasteiger partial charge in [-0.3, -0.25) is 4.90 Å². The van der Waals surface area contributed by atoms with E-state index in [2.05, 4.69) is 20.2 Å². The summed E-state index contributed by atoms with van der Waals surface area (Å²) < 4.78 is 36.7.